The average molecular weight is 446 g/mol. The van der Waals surface area contributed by atoms with E-state index >= 15 is 0 Å². The molecule has 32 heavy (non-hydrogen) atoms. The Morgan fingerprint density at radius 3 is 2.16 bits per heavy atom. The lowest BCUT2D eigenvalue weighted by atomic mass is 9.98. The van der Waals surface area contributed by atoms with Crippen LogP contribution in [0.5, 0.6) is 0 Å². The molecule has 0 aromatic heterocycles. The summed E-state index contributed by atoms with van der Waals surface area (Å²) in [5.74, 6) is -7.40. The van der Waals surface area contributed by atoms with Gasteiger partial charge in [0.05, 0.1) is 6.54 Å². The van der Waals surface area contributed by atoms with Crippen molar-refractivity contribution in [3.63, 3.8) is 0 Å². The number of hydrogen-bond donors (Lipinski definition) is 3. The van der Waals surface area contributed by atoms with E-state index in [4.69, 9.17) is 9.84 Å². The molecule has 0 aliphatic heterocycles. The number of alkyl carbamates (subject to hydrolysis) is 1. The lowest BCUT2D eigenvalue weighted by Gasteiger charge is -2.20. The second kappa shape index (κ2) is 9.76. The largest absolute Gasteiger partial charge is 0.480 e. The number of ether oxygens (including phenoxy) is 1. The van der Waals surface area contributed by atoms with Crippen molar-refractivity contribution in [2.24, 2.45) is 0 Å². The monoisotopic (exact) mass is 446 g/mol. The quantitative estimate of drug-likeness (QED) is 0.547. The van der Waals surface area contributed by atoms with E-state index in [1.807, 2.05) is 53.8 Å². The zero-order valence-corrected chi connectivity index (χ0v) is 17.4. The number of carbonyl (C=O) groups is 3. The highest BCUT2D eigenvalue weighted by molar-refractivity contribution is 5.88. The normalized spacial score (nSPS) is 13.6. The van der Waals surface area contributed by atoms with Crippen LogP contribution >= 0.6 is 0 Å². The van der Waals surface area contributed by atoms with Crippen molar-refractivity contribution in [1.82, 2.24) is 10.6 Å². The highest BCUT2D eigenvalue weighted by atomic mass is 19.3. The van der Waals surface area contributed by atoms with E-state index in [1.165, 1.54) is 0 Å². The van der Waals surface area contributed by atoms with Crippen LogP contribution in [0.2, 0.25) is 0 Å². The number of rotatable bonds is 9. The standard InChI is InChI=1S/C23H24F2N2O5/c1-2-7-19(20(28)29)27-21(30)23(24,25)13-26-22(31)32-12-18-16-10-5-3-8-14(16)15-9-4-6-11-17(15)18/h3-6,8-11,18-19H,2,7,12-13H2,1H3,(H,26,31)(H,27,30)(H,28,29). The third-order valence-electron chi connectivity index (χ3n) is 5.31. The molecule has 0 saturated heterocycles. The zero-order valence-electron chi connectivity index (χ0n) is 17.4. The summed E-state index contributed by atoms with van der Waals surface area (Å²) in [7, 11) is 0. The molecule has 3 rings (SSSR count). The summed E-state index contributed by atoms with van der Waals surface area (Å²) in [5.41, 5.74) is 4.00. The van der Waals surface area contributed by atoms with Crippen molar-refractivity contribution < 1.29 is 33.0 Å². The van der Waals surface area contributed by atoms with E-state index in [0.29, 0.717) is 6.42 Å². The van der Waals surface area contributed by atoms with Crippen LogP contribution in [0.25, 0.3) is 11.1 Å². The Morgan fingerprint density at radius 1 is 1.06 bits per heavy atom. The minimum Gasteiger partial charge on any atom is -0.480 e. The van der Waals surface area contributed by atoms with Gasteiger partial charge in [0, 0.05) is 5.92 Å². The Balaban J connectivity index is 1.56. The number of carbonyl (C=O) groups excluding carboxylic acids is 2. The molecule has 1 atom stereocenters. The maximum Gasteiger partial charge on any atom is 0.407 e. The number of carboxylic acid groups (broad SMARTS) is 1. The first-order valence-corrected chi connectivity index (χ1v) is 10.2. The molecule has 1 aliphatic rings. The van der Waals surface area contributed by atoms with Gasteiger partial charge in [-0.25, -0.2) is 9.59 Å². The Hall–Kier alpha value is -3.49. The third-order valence-corrected chi connectivity index (χ3v) is 5.31. The fraction of sp³-hybridized carbons (Fsp3) is 0.348. The van der Waals surface area contributed by atoms with Crippen molar-refractivity contribution in [2.75, 3.05) is 13.2 Å². The van der Waals surface area contributed by atoms with Gasteiger partial charge in [-0.2, -0.15) is 8.78 Å². The van der Waals surface area contributed by atoms with Crippen molar-refractivity contribution in [1.29, 1.82) is 0 Å². The Morgan fingerprint density at radius 2 is 1.62 bits per heavy atom. The van der Waals surface area contributed by atoms with E-state index in [9.17, 15) is 23.2 Å². The number of amides is 2. The van der Waals surface area contributed by atoms with Crippen LogP contribution in [-0.2, 0) is 14.3 Å². The molecule has 0 spiro atoms. The van der Waals surface area contributed by atoms with Gasteiger partial charge >= 0.3 is 18.0 Å². The molecule has 7 nitrogen and oxygen atoms in total. The number of carboxylic acids is 1. The van der Waals surface area contributed by atoms with Crippen LogP contribution in [0, 0.1) is 0 Å². The van der Waals surface area contributed by atoms with Crippen LogP contribution in [0.15, 0.2) is 48.5 Å². The van der Waals surface area contributed by atoms with E-state index in [1.54, 1.807) is 12.2 Å². The first-order valence-electron chi connectivity index (χ1n) is 10.2. The molecule has 3 N–H and O–H groups in total. The first-order chi connectivity index (χ1) is 15.2. The predicted molar refractivity (Wildman–Crippen MR) is 112 cm³/mol. The molecule has 0 saturated carbocycles. The zero-order chi connectivity index (χ0) is 23.3. The molecule has 9 heteroatoms. The van der Waals surface area contributed by atoms with E-state index < -0.39 is 36.5 Å². The molecule has 2 aromatic carbocycles. The molecule has 0 radical (unpaired) electrons. The van der Waals surface area contributed by atoms with Gasteiger partial charge < -0.3 is 20.5 Å². The lowest BCUT2D eigenvalue weighted by Crippen LogP contribution is -2.52. The second-order valence-electron chi connectivity index (χ2n) is 7.54. The highest BCUT2D eigenvalue weighted by Crippen LogP contribution is 2.44. The summed E-state index contributed by atoms with van der Waals surface area (Å²) in [5, 5.41) is 12.7. The van der Waals surface area contributed by atoms with Crippen LogP contribution in [-0.4, -0.2) is 48.2 Å². The number of nitrogens with one attached hydrogen (secondary N) is 2. The fourth-order valence-electron chi connectivity index (χ4n) is 3.72. The van der Waals surface area contributed by atoms with Crippen molar-refractivity contribution in [3.05, 3.63) is 59.7 Å². The van der Waals surface area contributed by atoms with Gasteiger partial charge in [-0.3, -0.25) is 4.79 Å². The van der Waals surface area contributed by atoms with E-state index in [2.05, 4.69) is 0 Å². The molecule has 2 aromatic rings. The molecule has 1 unspecified atom stereocenters. The summed E-state index contributed by atoms with van der Waals surface area (Å²) in [6.07, 6.45) is -0.694. The smallest absolute Gasteiger partial charge is 0.407 e. The molecule has 0 bridgehead atoms. The molecule has 0 heterocycles. The maximum absolute atomic E-state index is 14.1. The summed E-state index contributed by atoms with van der Waals surface area (Å²) < 4.78 is 33.4. The van der Waals surface area contributed by atoms with Gasteiger partial charge in [0.2, 0.25) is 0 Å². The molecule has 2 amide bonds. The number of benzene rings is 2. The van der Waals surface area contributed by atoms with Gasteiger partial charge in [0.1, 0.15) is 12.6 Å². The van der Waals surface area contributed by atoms with Gasteiger partial charge in [0.25, 0.3) is 5.91 Å². The summed E-state index contributed by atoms with van der Waals surface area (Å²) in [6.45, 7) is 0.294. The van der Waals surface area contributed by atoms with Crippen LogP contribution in [0.3, 0.4) is 0 Å². The summed E-state index contributed by atoms with van der Waals surface area (Å²) in [6, 6.07) is 13.9. The Bertz CT molecular complexity index is 966. The third kappa shape index (κ3) is 5.04. The molecular formula is C23H24F2N2O5. The van der Waals surface area contributed by atoms with Gasteiger partial charge in [-0.1, -0.05) is 61.9 Å². The van der Waals surface area contributed by atoms with Crippen molar-refractivity contribution in [2.45, 2.75) is 37.6 Å². The topological polar surface area (TPSA) is 105 Å². The fourth-order valence-corrected chi connectivity index (χ4v) is 3.72. The second-order valence-corrected chi connectivity index (χ2v) is 7.54. The van der Waals surface area contributed by atoms with Gasteiger partial charge in [0.15, 0.2) is 0 Å². The number of fused-ring (bicyclic) bond motifs is 3. The van der Waals surface area contributed by atoms with Crippen molar-refractivity contribution >= 4 is 18.0 Å². The number of hydrogen-bond acceptors (Lipinski definition) is 4. The van der Waals surface area contributed by atoms with Gasteiger partial charge in [-0.15, -0.1) is 0 Å². The maximum atomic E-state index is 14.1. The minimum absolute atomic E-state index is 0.0109. The summed E-state index contributed by atoms with van der Waals surface area (Å²) in [4.78, 5) is 34.9. The van der Waals surface area contributed by atoms with Crippen LogP contribution in [0.4, 0.5) is 13.6 Å². The summed E-state index contributed by atoms with van der Waals surface area (Å²) >= 11 is 0. The molecular weight excluding hydrogens is 422 g/mol. The molecule has 170 valence electrons. The SMILES string of the molecule is CCCC(NC(=O)C(F)(F)CNC(=O)OCC1c2ccccc2-c2ccccc21)C(=O)O. The lowest BCUT2D eigenvalue weighted by molar-refractivity contribution is -0.150. The highest BCUT2D eigenvalue weighted by Gasteiger charge is 2.41. The number of halogens is 2. The number of aliphatic carboxylic acids is 1. The van der Waals surface area contributed by atoms with Crippen LogP contribution < -0.4 is 10.6 Å². The van der Waals surface area contributed by atoms with E-state index in [0.717, 1.165) is 22.3 Å². The predicted octanol–water partition coefficient (Wildman–Crippen LogP) is 3.53. The molecule has 0 fully saturated rings. The first kappa shape index (κ1) is 23.2. The minimum atomic E-state index is -3.99. The van der Waals surface area contributed by atoms with Gasteiger partial charge in [-0.05, 0) is 28.7 Å². The Kier molecular flexibility index (Phi) is 7.07. The molecule has 1 aliphatic carbocycles. The number of alkyl halides is 2. The van der Waals surface area contributed by atoms with Crippen LogP contribution in [0.1, 0.15) is 36.8 Å². The van der Waals surface area contributed by atoms with E-state index in [-0.39, 0.29) is 18.9 Å². The average Bonchev–Trinajstić information content (AvgIpc) is 3.09. The Labute approximate surface area is 183 Å². The van der Waals surface area contributed by atoms with Crippen molar-refractivity contribution in [3.8, 4) is 11.1 Å².